The van der Waals surface area contributed by atoms with Gasteiger partial charge in [-0.2, -0.15) is 0 Å². The van der Waals surface area contributed by atoms with Crippen LogP contribution < -0.4 is 0 Å². The molecular weight excluding hydrogens is 228 g/mol. The third kappa shape index (κ3) is 2.04. The molecule has 0 bridgehead atoms. The molecule has 0 aliphatic carbocycles. The number of ether oxygens (including phenoxy) is 1. The Bertz CT molecular complexity index is 436. The van der Waals surface area contributed by atoms with Crippen LogP contribution in [0.5, 0.6) is 0 Å². The first-order valence-corrected chi connectivity index (χ1v) is 4.87. The summed E-state index contributed by atoms with van der Waals surface area (Å²) in [4.78, 5) is 26.6. The van der Waals surface area contributed by atoms with E-state index in [0.29, 0.717) is 5.56 Å². The molecule has 1 aromatic rings. The number of amides is 1. The van der Waals surface area contributed by atoms with Crippen LogP contribution >= 0.6 is 0 Å². The van der Waals surface area contributed by atoms with Crippen LogP contribution in [0.3, 0.4) is 0 Å². The predicted octanol–water partition coefficient (Wildman–Crippen LogP) is 0.544. The lowest BCUT2D eigenvalue weighted by atomic mass is 10.2. The average Bonchev–Trinajstić information content (AvgIpc) is 2.74. The highest BCUT2D eigenvalue weighted by atomic mass is 16.5. The van der Waals surface area contributed by atoms with Crippen molar-refractivity contribution in [2.45, 2.75) is 12.3 Å². The Morgan fingerprint density at radius 2 is 2.00 bits per heavy atom. The van der Waals surface area contributed by atoms with E-state index >= 15 is 0 Å². The van der Waals surface area contributed by atoms with Gasteiger partial charge in [0, 0.05) is 18.0 Å². The van der Waals surface area contributed by atoms with Gasteiger partial charge < -0.3 is 14.9 Å². The zero-order valence-electron chi connectivity index (χ0n) is 8.68. The summed E-state index contributed by atoms with van der Waals surface area (Å²) >= 11 is 0. The second kappa shape index (κ2) is 4.38. The maximum atomic E-state index is 11.1. The van der Waals surface area contributed by atoms with Crippen LogP contribution in [0.2, 0.25) is 0 Å². The molecule has 1 saturated heterocycles. The van der Waals surface area contributed by atoms with E-state index < -0.39 is 24.3 Å². The zero-order chi connectivity index (χ0) is 12.4. The second-order valence-corrected chi connectivity index (χ2v) is 3.51. The maximum absolute atomic E-state index is 11.1. The van der Waals surface area contributed by atoms with E-state index in [9.17, 15) is 9.59 Å². The van der Waals surface area contributed by atoms with Crippen molar-refractivity contribution in [1.82, 2.24) is 9.88 Å². The van der Waals surface area contributed by atoms with Crippen LogP contribution in [0.4, 0.5) is 4.79 Å². The molecule has 1 aliphatic rings. The van der Waals surface area contributed by atoms with E-state index in [-0.39, 0.29) is 6.61 Å². The number of aliphatic carboxylic acids is 1. The van der Waals surface area contributed by atoms with E-state index in [4.69, 9.17) is 14.9 Å². The molecule has 7 nitrogen and oxygen atoms in total. The maximum Gasteiger partial charge on any atom is 0.410 e. The normalized spacial score (nSPS) is 23.6. The van der Waals surface area contributed by atoms with Gasteiger partial charge in [-0.15, -0.1) is 0 Å². The fraction of sp³-hybridized carbons (Fsp3) is 0.300. The van der Waals surface area contributed by atoms with E-state index in [2.05, 4.69) is 4.98 Å². The first-order chi connectivity index (χ1) is 8.11. The summed E-state index contributed by atoms with van der Waals surface area (Å²) in [5.74, 6) is -1.22. The smallest absolute Gasteiger partial charge is 0.410 e. The molecule has 2 N–H and O–H groups in total. The number of nitrogens with zero attached hydrogens (tertiary/aromatic N) is 2. The van der Waals surface area contributed by atoms with Gasteiger partial charge >= 0.3 is 12.1 Å². The fourth-order valence-electron chi connectivity index (χ4n) is 1.72. The van der Waals surface area contributed by atoms with Crippen LogP contribution in [0.1, 0.15) is 11.8 Å². The van der Waals surface area contributed by atoms with Crippen molar-refractivity contribution in [3.05, 3.63) is 30.1 Å². The largest absolute Gasteiger partial charge is 0.480 e. The van der Waals surface area contributed by atoms with Crippen molar-refractivity contribution >= 4 is 12.1 Å². The van der Waals surface area contributed by atoms with Crippen LogP contribution in [0.15, 0.2) is 24.5 Å². The van der Waals surface area contributed by atoms with Gasteiger partial charge in [-0.3, -0.25) is 9.88 Å². The van der Waals surface area contributed by atoms with E-state index in [1.54, 1.807) is 12.1 Å². The molecule has 2 rings (SSSR count). The number of carbonyl (C=O) groups is 2. The summed E-state index contributed by atoms with van der Waals surface area (Å²) in [6, 6.07) is 2.00. The molecule has 0 radical (unpaired) electrons. The minimum absolute atomic E-state index is 0.158. The van der Waals surface area contributed by atoms with Gasteiger partial charge in [0.1, 0.15) is 0 Å². The SMILES string of the molecule is O=C(O)C1CO[C@@H](c2ccncc2)N1C(=O)O. The lowest BCUT2D eigenvalue weighted by Gasteiger charge is -2.22. The minimum atomic E-state index is -1.32. The molecule has 90 valence electrons. The van der Waals surface area contributed by atoms with Gasteiger partial charge in [-0.1, -0.05) is 0 Å². The Morgan fingerprint density at radius 1 is 1.35 bits per heavy atom. The quantitative estimate of drug-likeness (QED) is 0.780. The Morgan fingerprint density at radius 3 is 2.53 bits per heavy atom. The Hall–Kier alpha value is -2.15. The van der Waals surface area contributed by atoms with Crippen molar-refractivity contribution in [1.29, 1.82) is 0 Å². The second-order valence-electron chi connectivity index (χ2n) is 3.51. The number of hydrogen-bond acceptors (Lipinski definition) is 4. The van der Waals surface area contributed by atoms with Crippen molar-refractivity contribution < 1.29 is 24.5 Å². The molecule has 7 heteroatoms. The van der Waals surface area contributed by atoms with Gasteiger partial charge in [-0.05, 0) is 12.1 Å². The monoisotopic (exact) mass is 238 g/mol. The van der Waals surface area contributed by atoms with Crippen molar-refractivity contribution in [3.63, 3.8) is 0 Å². The highest BCUT2D eigenvalue weighted by Gasteiger charge is 2.42. The molecule has 0 saturated carbocycles. The molecule has 0 aromatic carbocycles. The number of rotatable bonds is 2. The molecule has 2 atom stereocenters. The molecule has 1 unspecified atom stereocenters. The van der Waals surface area contributed by atoms with Crippen molar-refractivity contribution in [2.24, 2.45) is 0 Å². The molecule has 17 heavy (non-hydrogen) atoms. The third-order valence-corrected chi connectivity index (χ3v) is 2.50. The van der Waals surface area contributed by atoms with E-state index in [1.807, 2.05) is 0 Å². The summed E-state index contributed by atoms with van der Waals surface area (Å²) in [5.41, 5.74) is 0.561. The van der Waals surface area contributed by atoms with Gasteiger partial charge in [0.05, 0.1) is 6.61 Å². The highest BCUT2D eigenvalue weighted by Crippen LogP contribution is 2.30. The van der Waals surface area contributed by atoms with Gasteiger partial charge in [0.15, 0.2) is 12.3 Å². The molecular formula is C10H10N2O5. The number of hydrogen-bond donors (Lipinski definition) is 2. The summed E-state index contributed by atoms with van der Waals surface area (Å²) in [6.45, 7) is -0.158. The fourth-order valence-corrected chi connectivity index (χ4v) is 1.72. The topological polar surface area (TPSA) is 100.0 Å². The lowest BCUT2D eigenvalue weighted by Crippen LogP contribution is -2.42. The van der Waals surface area contributed by atoms with Crippen LogP contribution in [-0.4, -0.2) is 44.8 Å². The number of aromatic nitrogens is 1. The molecule has 1 aliphatic heterocycles. The molecule has 1 amide bonds. The van der Waals surface area contributed by atoms with Gasteiger partial charge in [0.2, 0.25) is 0 Å². The predicted molar refractivity (Wildman–Crippen MR) is 54.2 cm³/mol. The van der Waals surface area contributed by atoms with Gasteiger partial charge in [0.25, 0.3) is 0 Å². The first-order valence-electron chi connectivity index (χ1n) is 4.87. The van der Waals surface area contributed by atoms with Gasteiger partial charge in [-0.25, -0.2) is 9.59 Å². The zero-order valence-corrected chi connectivity index (χ0v) is 8.68. The summed E-state index contributed by atoms with van der Waals surface area (Å²) in [6.07, 6.45) is 0.771. The molecule has 0 spiro atoms. The van der Waals surface area contributed by atoms with Crippen LogP contribution in [0.25, 0.3) is 0 Å². The van der Waals surface area contributed by atoms with Crippen molar-refractivity contribution in [3.8, 4) is 0 Å². The lowest BCUT2D eigenvalue weighted by molar-refractivity contribution is -0.141. The first kappa shape index (κ1) is 11.3. The van der Waals surface area contributed by atoms with Crippen LogP contribution in [0, 0.1) is 0 Å². The van der Waals surface area contributed by atoms with Crippen LogP contribution in [-0.2, 0) is 9.53 Å². The highest BCUT2D eigenvalue weighted by molar-refractivity contribution is 5.80. The number of carboxylic acid groups (broad SMARTS) is 2. The standard InChI is InChI=1S/C10H10N2O5/c13-9(14)7-5-17-8(12(7)10(15)16)6-1-3-11-4-2-6/h1-4,7-8H,5H2,(H,13,14)(H,15,16)/t7?,8-/m0/s1. The molecule has 1 aromatic heterocycles. The molecule has 1 fully saturated rings. The Kier molecular flexibility index (Phi) is 2.92. The third-order valence-electron chi connectivity index (χ3n) is 2.50. The number of pyridine rings is 1. The summed E-state index contributed by atoms with van der Waals surface area (Å²) in [5, 5.41) is 17.9. The summed E-state index contributed by atoms with van der Waals surface area (Å²) in [7, 11) is 0. The van der Waals surface area contributed by atoms with E-state index in [0.717, 1.165) is 4.90 Å². The van der Waals surface area contributed by atoms with Crippen molar-refractivity contribution in [2.75, 3.05) is 6.61 Å². The molecule has 2 heterocycles. The minimum Gasteiger partial charge on any atom is -0.480 e. The summed E-state index contributed by atoms with van der Waals surface area (Å²) < 4.78 is 5.22. The average molecular weight is 238 g/mol. The number of carboxylic acids is 1. The Labute approximate surface area is 96.3 Å². The van der Waals surface area contributed by atoms with E-state index in [1.165, 1.54) is 12.4 Å². The Balaban J connectivity index is 2.30.